The molecule has 3 aromatic rings. The van der Waals surface area contributed by atoms with Crippen molar-refractivity contribution in [1.82, 2.24) is 5.32 Å². The number of carboxylic acids is 1. The van der Waals surface area contributed by atoms with Gasteiger partial charge in [-0.1, -0.05) is 93.6 Å². The molecule has 0 aliphatic heterocycles. The molecule has 0 fully saturated rings. The summed E-state index contributed by atoms with van der Waals surface area (Å²) in [5, 5.41) is 13.3. The molecule has 0 heterocycles. The van der Waals surface area contributed by atoms with Crippen molar-refractivity contribution in [2.75, 3.05) is 0 Å². The van der Waals surface area contributed by atoms with Crippen LogP contribution in [0.3, 0.4) is 0 Å². The quantitative estimate of drug-likeness (QED) is 0.173. The molecule has 244 valence electrons. The second kappa shape index (κ2) is 15.6. The van der Waals surface area contributed by atoms with E-state index in [1.165, 1.54) is 0 Å². The Labute approximate surface area is 270 Å². The number of carbonyl (C=O) groups is 2. The van der Waals surface area contributed by atoms with E-state index < -0.39 is 44.0 Å². The van der Waals surface area contributed by atoms with Crippen LogP contribution >= 0.6 is 0 Å². The third-order valence-electron chi connectivity index (χ3n) is 8.22. The second-order valence-electron chi connectivity index (χ2n) is 14.3. The molecule has 8 heteroatoms. The van der Waals surface area contributed by atoms with Crippen molar-refractivity contribution < 1.29 is 28.6 Å². The van der Waals surface area contributed by atoms with Gasteiger partial charge in [0.2, 0.25) is 0 Å². The van der Waals surface area contributed by atoms with Crippen LogP contribution in [0, 0.1) is 5.92 Å². The molecule has 2 N–H and O–H groups in total. The summed E-state index contributed by atoms with van der Waals surface area (Å²) in [5.74, 6) is -0.861. The molecule has 3 atom stereocenters. The van der Waals surface area contributed by atoms with Gasteiger partial charge in [-0.25, -0.2) is 4.79 Å². The zero-order chi connectivity index (χ0) is 33.3. The van der Waals surface area contributed by atoms with Crippen molar-refractivity contribution in [1.29, 1.82) is 0 Å². The molecule has 0 aliphatic carbocycles. The molecule has 3 aromatic carbocycles. The highest BCUT2D eigenvalue weighted by molar-refractivity contribution is 6.74. The highest BCUT2D eigenvalue weighted by Crippen LogP contribution is 2.39. The lowest BCUT2D eigenvalue weighted by Crippen LogP contribution is -2.54. The third kappa shape index (κ3) is 12.0. The maximum Gasteiger partial charge on any atom is 0.407 e. The van der Waals surface area contributed by atoms with Crippen molar-refractivity contribution in [3.8, 4) is 5.75 Å². The highest BCUT2D eigenvalue weighted by atomic mass is 28.4. The molecule has 0 aliphatic rings. The Balaban J connectivity index is 1.92. The number of alkyl carbamates (subject to hydrolysis) is 1. The monoisotopic (exact) mass is 633 g/mol. The lowest BCUT2D eigenvalue weighted by atomic mass is 9.89. The number of carbonyl (C=O) groups excluding carboxylic acids is 1. The lowest BCUT2D eigenvalue weighted by molar-refractivity contribution is -0.142. The van der Waals surface area contributed by atoms with E-state index in [1.54, 1.807) is 0 Å². The summed E-state index contributed by atoms with van der Waals surface area (Å²) in [6.45, 7) is 16.7. The first-order valence-electron chi connectivity index (χ1n) is 15.7. The van der Waals surface area contributed by atoms with Gasteiger partial charge >= 0.3 is 12.1 Å². The van der Waals surface area contributed by atoms with E-state index >= 15 is 0 Å². The first-order chi connectivity index (χ1) is 21.0. The zero-order valence-corrected chi connectivity index (χ0v) is 29.1. The molecule has 0 spiro atoms. The Kier molecular flexibility index (Phi) is 12.4. The van der Waals surface area contributed by atoms with Gasteiger partial charge in [-0.2, -0.15) is 0 Å². The van der Waals surface area contributed by atoms with Crippen LogP contribution in [0.4, 0.5) is 4.79 Å². The predicted molar refractivity (Wildman–Crippen MR) is 182 cm³/mol. The summed E-state index contributed by atoms with van der Waals surface area (Å²) < 4.78 is 18.6. The van der Waals surface area contributed by atoms with Gasteiger partial charge in [0.1, 0.15) is 18.0 Å². The van der Waals surface area contributed by atoms with Crippen molar-refractivity contribution in [2.24, 2.45) is 5.92 Å². The number of hydrogen-bond donors (Lipinski definition) is 2. The van der Waals surface area contributed by atoms with Gasteiger partial charge in [0.25, 0.3) is 0 Å². The smallest absolute Gasteiger partial charge is 0.407 e. The minimum atomic E-state index is -2.40. The van der Waals surface area contributed by atoms with Crippen LogP contribution in [0.15, 0.2) is 84.9 Å². The van der Waals surface area contributed by atoms with E-state index in [1.807, 2.05) is 106 Å². The standard InChI is InChI=1S/C37H51NO6Si/c1-36(2,3)43-35(41)38-32(24-28-19-21-31(22-20-28)42-26-29-17-13-10-14-18-29)33(44-45(7,8)37(4,5)6)25-30(34(39)40)23-27-15-11-9-12-16-27/h9-22,30,32-33H,23-26H2,1-8H3,(H,38,41)(H,39,40)/t30-,32+,33+/m1/s1. The summed E-state index contributed by atoms with van der Waals surface area (Å²) in [6, 6.07) is 26.9. The molecule has 0 radical (unpaired) electrons. The number of hydrogen-bond acceptors (Lipinski definition) is 5. The molecule has 7 nitrogen and oxygen atoms in total. The Morgan fingerprint density at radius 1 is 0.778 bits per heavy atom. The van der Waals surface area contributed by atoms with Gasteiger partial charge in [0, 0.05) is 0 Å². The van der Waals surface area contributed by atoms with Crippen molar-refractivity contribution in [2.45, 2.75) is 103 Å². The van der Waals surface area contributed by atoms with Gasteiger partial charge in [-0.05, 0) is 87.0 Å². The molecule has 0 saturated heterocycles. The Bertz CT molecular complexity index is 1350. The number of benzene rings is 3. The molecule has 0 aromatic heterocycles. The molecular formula is C37H51NO6Si. The molecule has 1 amide bonds. The van der Waals surface area contributed by atoms with Crippen molar-refractivity contribution in [3.63, 3.8) is 0 Å². The average Bonchev–Trinajstić information content (AvgIpc) is 2.95. The largest absolute Gasteiger partial charge is 0.489 e. The molecule has 3 rings (SSSR count). The SMILES string of the molecule is CC(C)(C)OC(=O)N[C@@H](Cc1ccc(OCc2ccccc2)cc1)[C@H](C[C@@H](Cc1ccccc1)C(=O)O)O[Si](C)(C)C(C)(C)C. The summed E-state index contributed by atoms with van der Waals surface area (Å²) >= 11 is 0. The van der Waals surface area contributed by atoms with E-state index in [2.05, 4.69) is 39.2 Å². The summed E-state index contributed by atoms with van der Waals surface area (Å²) in [6.07, 6.45) is -0.114. The zero-order valence-electron chi connectivity index (χ0n) is 28.1. The van der Waals surface area contributed by atoms with E-state index in [4.69, 9.17) is 13.9 Å². The van der Waals surface area contributed by atoms with Crippen LogP contribution in [0.2, 0.25) is 18.1 Å². The first kappa shape index (κ1) is 35.9. The minimum Gasteiger partial charge on any atom is -0.489 e. The number of ether oxygens (including phenoxy) is 2. The van der Waals surface area contributed by atoms with Crippen molar-refractivity contribution >= 4 is 20.4 Å². The van der Waals surface area contributed by atoms with E-state index in [-0.39, 0.29) is 11.5 Å². The Morgan fingerprint density at radius 2 is 1.31 bits per heavy atom. The molecule has 45 heavy (non-hydrogen) atoms. The second-order valence-corrected chi connectivity index (χ2v) is 19.0. The lowest BCUT2D eigenvalue weighted by Gasteiger charge is -2.42. The number of nitrogens with one attached hydrogen (secondary N) is 1. The summed E-state index contributed by atoms with van der Waals surface area (Å²) in [5.41, 5.74) is 2.29. The van der Waals surface area contributed by atoms with Gasteiger partial charge < -0.3 is 24.3 Å². The van der Waals surface area contributed by atoms with Gasteiger partial charge in [-0.15, -0.1) is 0 Å². The molecule has 0 unspecified atom stereocenters. The highest BCUT2D eigenvalue weighted by Gasteiger charge is 2.42. The van der Waals surface area contributed by atoms with Crippen LogP contribution in [0.5, 0.6) is 5.75 Å². The third-order valence-corrected chi connectivity index (χ3v) is 12.7. The van der Waals surface area contributed by atoms with Gasteiger partial charge in [0.05, 0.1) is 18.1 Å². The van der Waals surface area contributed by atoms with Gasteiger partial charge in [-0.3, -0.25) is 4.79 Å². The summed E-state index contributed by atoms with van der Waals surface area (Å²) in [7, 11) is -2.40. The topological polar surface area (TPSA) is 94.1 Å². The number of carboxylic acid groups (broad SMARTS) is 1. The number of amides is 1. The molecule has 0 bridgehead atoms. The van der Waals surface area contributed by atoms with Crippen LogP contribution in [0.1, 0.15) is 64.7 Å². The number of rotatable bonds is 14. The average molecular weight is 634 g/mol. The Hall–Kier alpha value is -3.62. The maximum atomic E-state index is 13.2. The van der Waals surface area contributed by atoms with E-state index in [0.717, 1.165) is 22.4 Å². The van der Waals surface area contributed by atoms with Gasteiger partial charge in [0.15, 0.2) is 8.32 Å². The number of aliphatic carboxylic acids is 1. The van der Waals surface area contributed by atoms with Crippen LogP contribution < -0.4 is 10.1 Å². The van der Waals surface area contributed by atoms with E-state index in [9.17, 15) is 14.7 Å². The normalized spacial score (nSPS) is 14.2. The van der Waals surface area contributed by atoms with Crippen LogP contribution in [-0.4, -0.2) is 43.2 Å². The first-order valence-corrected chi connectivity index (χ1v) is 18.6. The fraction of sp³-hybridized carbons (Fsp3) is 0.459. The van der Waals surface area contributed by atoms with E-state index in [0.29, 0.717) is 19.4 Å². The van der Waals surface area contributed by atoms with Crippen molar-refractivity contribution in [3.05, 3.63) is 102 Å². The van der Waals surface area contributed by atoms with Crippen LogP contribution in [0.25, 0.3) is 0 Å². The fourth-order valence-corrected chi connectivity index (χ4v) is 6.12. The Morgan fingerprint density at radius 3 is 1.82 bits per heavy atom. The summed E-state index contributed by atoms with van der Waals surface area (Å²) in [4.78, 5) is 25.8. The molecule has 0 saturated carbocycles. The molecular weight excluding hydrogens is 582 g/mol. The fourth-order valence-electron chi connectivity index (χ4n) is 4.75. The maximum absolute atomic E-state index is 13.2. The predicted octanol–water partition coefficient (Wildman–Crippen LogP) is 8.43. The van der Waals surface area contributed by atoms with Crippen LogP contribution in [-0.2, 0) is 33.4 Å². The minimum absolute atomic E-state index is 0.127.